The van der Waals surface area contributed by atoms with E-state index in [2.05, 4.69) is 48.8 Å². The molecule has 3 rings (SSSR count). The van der Waals surface area contributed by atoms with Gasteiger partial charge >= 0.3 is 0 Å². The van der Waals surface area contributed by atoms with Gasteiger partial charge < -0.3 is 14.4 Å². The van der Waals surface area contributed by atoms with E-state index in [1.165, 1.54) is 11.1 Å². The molecule has 0 radical (unpaired) electrons. The van der Waals surface area contributed by atoms with Gasteiger partial charge in [-0.15, -0.1) is 0 Å². The second kappa shape index (κ2) is 8.78. The van der Waals surface area contributed by atoms with Crippen molar-refractivity contribution in [3.63, 3.8) is 0 Å². The van der Waals surface area contributed by atoms with Crippen molar-refractivity contribution in [1.82, 2.24) is 4.90 Å². The monoisotopic (exact) mass is 459 g/mol. The molecule has 1 aliphatic heterocycles. The van der Waals surface area contributed by atoms with Crippen LogP contribution in [0.15, 0.2) is 40.9 Å². The van der Waals surface area contributed by atoms with E-state index in [9.17, 15) is 4.79 Å². The zero-order valence-electron chi connectivity index (χ0n) is 17.9. The Morgan fingerprint density at radius 2 is 1.66 bits per heavy atom. The number of ether oxygens (including phenoxy) is 2. The molecule has 0 fully saturated rings. The van der Waals surface area contributed by atoms with Crippen LogP contribution in [0.1, 0.15) is 37.5 Å². The third-order valence-corrected chi connectivity index (χ3v) is 6.25. The Morgan fingerprint density at radius 3 is 2.21 bits per heavy atom. The average molecular weight is 460 g/mol. The maximum absolute atomic E-state index is 13.6. The minimum Gasteiger partial charge on any atom is -0.493 e. The predicted molar refractivity (Wildman–Crippen MR) is 119 cm³/mol. The van der Waals surface area contributed by atoms with Crippen molar-refractivity contribution < 1.29 is 14.3 Å². The van der Waals surface area contributed by atoms with Crippen molar-refractivity contribution in [1.29, 1.82) is 0 Å². The van der Waals surface area contributed by atoms with Crippen LogP contribution in [0.2, 0.25) is 0 Å². The van der Waals surface area contributed by atoms with Gasteiger partial charge in [-0.1, -0.05) is 48.8 Å². The number of halogens is 1. The molecule has 5 heteroatoms. The minimum absolute atomic E-state index is 0.0784. The summed E-state index contributed by atoms with van der Waals surface area (Å²) in [6, 6.07) is 12.3. The quantitative estimate of drug-likeness (QED) is 0.612. The van der Waals surface area contributed by atoms with E-state index in [1.807, 2.05) is 29.2 Å². The smallest absolute Gasteiger partial charge is 0.226 e. The molecule has 1 atom stereocenters. The first-order valence-corrected chi connectivity index (χ1v) is 10.8. The first kappa shape index (κ1) is 21.7. The molecule has 0 bridgehead atoms. The SMILES string of the molecule is COc1cc2c(cc1OC)CN(C(=O)[C@H](Cc1ccc(Br)cc1)C(C)(C)C)CC2. The third kappa shape index (κ3) is 4.95. The van der Waals surface area contributed by atoms with E-state index < -0.39 is 0 Å². The zero-order valence-corrected chi connectivity index (χ0v) is 19.5. The first-order chi connectivity index (χ1) is 13.7. The van der Waals surface area contributed by atoms with Gasteiger partial charge in [0.1, 0.15) is 0 Å². The second-order valence-electron chi connectivity index (χ2n) is 8.73. The van der Waals surface area contributed by atoms with Gasteiger partial charge in [-0.2, -0.15) is 0 Å². The molecule has 0 aliphatic carbocycles. The van der Waals surface area contributed by atoms with Gasteiger partial charge in [0.05, 0.1) is 14.2 Å². The van der Waals surface area contributed by atoms with Crippen molar-refractivity contribution in [2.75, 3.05) is 20.8 Å². The van der Waals surface area contributed by atoms with Gasteiger partial charge in [0.15, 0.2) is 11.5 Å². The van der Waals surface area contributed by atoms with Crippen LogP contribution in [-0.4, -0.2) is 31.6 Å². The number of rotatable bonds is 5. The summed E-state index contributed by atoms with van der Waals surface area (Å²) < 4.78 is 11.9. The van der Waals surface area contributed by atoms with E-state index in [0.717, 1.165) is 35.2 Å². The molecule has 0 saturated carbocycles. The van der Waals surface area contributed by atoms with Gasteiger partial charge in [-0.25, -0.2) is 0 Å². The summed E-state index contributed by atoms with van der Waals surface area (Å²) >= 11 is 3.49. The number of carbonyl (C=O) groups is 1. The van der Waals surface area contributed by atoms with Crippen LogP contribution in [0, 0.1) is 11.3 Å². The normalized spacial score (nSPS) is 14.9. The van der Waals surface area contributed by atoms with E-state index in [1.54, 1.807) is 14.2 Å². The van der Waals surface area contributed by atoms with E-state index >= 15 is 0 Å². The van der Waals surface area contributed by atoms with Gasteiger partial charge in [-0.3, -0.25) is 4.79 Å². The summed E-state index contributed by atoms with van der Waals surface area (Å²) in [5.41, 5.74) is 3.43. The molecule has 156 valence electrons. The molecule has 0 spiro atoms. The Labute approximate surface area is 182 Å². The van der Waals surface area contributed by atoms with E-state index in [-0.39, 0.29) is 17.2 Å². The largest absolute Gasteiger partial charge is 0.493 e. The number of methoxy groups -OCH3 is 2. The lowest BCUT2D eigenvalue weighted by atomic mass is 9.76. The van der Waals surface area contributed by atoms with E-state index in [0.29, 0.717) is 12.3 Å². The summed E-state index contributed by atoms with van der Waals surface area (Å²) in [7, 11) is 3.29. The molecule has 1 aliphatic rings. The lowest BCUT2D eigenvalue weighted by molar-refractivity contribution is -0.140. The van der Waals surface area contributed by atoms with Crippen molar-refractivity contribution >= 4 is 21.8 Å². The Kier molecular flexibility index (Phi) is 6.57. The summed E-state index contributed by atoms with van der Waals surface area (Å²) in [5.74, 6) is 1.60. The Bertz CT molecular complexity index is 871. The van der Waals surface area contributed by atoms with Gasteiger partial charge in [-0.05, 0) is 59.2 Å². The van der Waals surface area contributed by atoms with Crippen LogP contribution < -0.4 is 9.47 Å². The minimum atomic E-state index is -0.123. The lowest BCUT2D eigenvalue weighted by Gasteiger charge is -2.37. The molecule has 0 unspecified atom stereocenters. The third-order valence-electron chi connectivity index (χ3n) is 5.73. The molecule has 1 heterocycles. The average Bonchev–Trinajstić information content (AvgIpc) is 2.70. The molecule has 0 aromatic heterocycles. The highest BCUT2D eigenvalue weighted by Crippen LogP contribution is 2.36. The van der Waals surface area contributed by atoms with Gasteiger partial charge in [0.25, 0.3) is 0 Å². The molecule has 29 heavy (non-hydrogen) atoms. The fourth-order valence-electron chi connectivity index (χ4n) is 3.91. The molecular formula is C24H30BrNO3. The zero-order chi connectivity index (χ0) is 21.2. The van der Waals surface area contributed by atoms with Crippen LogP contribution in [0.3, 0.4) is 0 Å². The van der Waals surface area contributed by atoms with E-state index in [4.69, 9.17) is 9.47 Å². The van der Waals surface area contributed by atoms with Crippen LogP contribution in [0.25, 0.3) is 0 Å². The standard InChI is InChI=1S/C24H30BrNO3/c1-24(2,3)20(12-16-6-8-19(25)9-7-16)23(27)26-11-10-17-13-21(28-4)22(29-5)14-18(17)15-26/h6-9,13-14,20H,10-12,15H2,1-5H3/t20-/m0/s1. The number of benzene rings is 2. The van der Waals surface area contributed by atoms with Gasteiger partial charge in [0.2, 0.25) is 5.91 Å². The summed E-state index contributed by atoms with van der Waals surface area (Å²) in [6.45, 7) is 7.80. The summed E-state index contributed by atoms with van der Waals surface area (Å²) in [5, 5.41) is 0. The molecule has 1 amide bonds. The van der Waals surface area contributed by atoms with Crippen LogP contribution >= 0.6 is 15.9 Å². The van der Waals surface area contributed by atoms with Crippen LogP contribution in [-0.2, 0) is 24.2 Å². The summed E-state index contributed by atoms with van der Waals surface area (Å²) in [4.78, 5) is 15.6. The number of carbonyl (C=O) groups excluding carboxylic acids is 1. The Morgan fingerprint density at radius 1 is 1.07 bits per heavy atom. The number of amides is 1. The lowest BCUT2D eigenvalue weighted by Crippen LogP contribution is -2.44. The Balaban J connectivity index is 1.83. The topological polar surface area (TPSA) is 38.8 Å². The highest BCUT2D eigenvalue weighted by atomic mass is 79.9. The highest BCUT2D eigenvalue weighted by Gasteiger charge is 2.35. The fourth-order valence-corrected chi connectivity index (χ4v) is 4.18. The number of nitrogens with zero attached hydrogens (tertiary/aromatic N) is 1. The van der Waals surface area contributed by atoms with Crippen molar-refractivity contribution in [2.24, 2.45) is 11.3 Å². The van der Waals surface area contributed by atoms with Crippen LogP contribution in [0.4, 0.5) is 0 Å². The number of hydrogen-bond acceptors (Lipinski definition) is 3. The van der Waals surface area contributed by atoms with Crippen molar-refractivity contribution in [3.8, 4) is 11.5 Å². The first-order valence-electron chi connectivity index (χ1n) is 10.00. The molecule has 2 aromatic rings. The Hall–Kier alpha value is -2.01. The van der Waals surface area contributed by atoms with Crippen LogP contribution in [0.5, 0.6) is 11.5 Å². The fraction of sp³-hybridized carbons (Fsp3) is 0.458. The number of fused-ring (bicyclic) bond motifs is 1. The molecule has 2 aromatic carbocycles. The maximum atomic E-state index is 13.6. The predicted octanol–water partition coefficient (Wildman–Crippen LogP) is 5.26. The molecule has 0 saturated heterocycles. The van der Waals surface area contributed by atoms with Gasteiger partial charge in [0, 0.05) is 23.5 Å². The maximum Gasteiger partial charge on any atom is 0.226 e. The molecule has 4 nitrogen and oxygen atoms in total. The van der Waals surface area contributed by atoms with Crippen molar-refractivity contribution in [2.45, 2.75) is 40.2 Å². The highest BCUT2D eigenvalue weighted by molar-refractivity contribution is 9.10. The molecule has 0 N–H and O–H groups in total. The molecular weight excluding hydrogens is 430 g/mol. The number of hydrogen-bond donors (Lipinski definition) is 0. The summed E-state index contributed by atoms with van der Waals surface area (Å²) in [6.07, 6.45) is 1.57. The second-order valence-corrected chi connectivity index (χ2v) is 9.65. The van der Waals surface area contributed by atoms with Crippen molar-refractivity contribution in [3.05, 3.63) is 57.6 Å².